The van der Waals surface area contributed by atoms with Crippen molar-refractivity contribution >= 4 is 11.9 Å². The lowest BCUT2D eigenvalue weighted by Crippen LogP contribution is -2.02. The van der Waals surface area contributed by atoms with Gasteiger partial charge in [0.25, 0.3) is 0 Å². The molecule has 3 nitrogen and oxygen atoms in total. The van der Waals surface area contributed by atoms with Gasteiger partial charge < -0.3 is 4.74 Å². The number of benzene rings is 1. The average Bonchev–Trinajstić information content (AvgIpc) is 2.17. The topological polar surface area (TPSA) is 45.4 Å². The number of nitrogens with zero attached hydrogens (tertiary/aromatic N) is 2. The second-order valence-electron chi connectivity index (χ2n) is 2.42. The molecule has 0 saturated carbocycles. The number of ether oxygens (including phenoxy) is 1. The van der Waals surface area contributed by atoms with Gasteiger partial charge in [0.15, 0.2) is 0 Å². The summed E-state index contributed by atoms with van der Waals surface area (Å²) in [4.78, 5) is 4.11. The molecule has 3 heteroatoms. The van der Waals surface area contributed by atoms with Crippen LogP contribution in [0.2, 0.25) is 0 Å². The summed E-state index contributed by atoms with van der Waals surface area (Å²) < 4.78 is 5.27. The third-order valence-corrected chi connectivity index (χ3v) is 1.63. The average molecular weight is 158 g/mol. The van der Waals surface area contributed by atoms with Gasteiger partial charge in [0.2, 0.25) is 0 Å². The van der Waals surface area contributed by atoms with Crippen molar-refractivity contribution in [2.75, 3.05) is 6.61 Å². The van der Waals surface area contributed by atoms with Crippen LogP contribution in [0.1, 0.15) is 5.56 Å². The van der Waals surface area contributed by atoms with Crippen molar-refractivity contribution in [3.8, 4) is 11.8 Å². The Bertz CT molecular complexity index is 377. The lowest BCUT2D eigenvalue weighted by atomic mass is 10.2. The van der Waals surface area contributed by atoms with Gasteiger partial charge in [-0.05, 0) is 12.1 Å². The minimum absolute atomic E-state index is 0.488. The van der Waals surface area contributed by atoms with Crippen LogP contribution in [0, 0.1) is 11.3 Å². The fourth-order valence-corrected chi connectivity index (χ4v) is 1.07. The van der Waals surface area contributed by atoms with Gasteiger partial charge >= 0.3 is 0 Å². The molecule has 0 spiro atoms. The predicted octanol–water partition coefficient (Wildman–Crippen LogP) is 1.65. The highest BCUT2D eigenvalue weighted by atomic mass is 16.5. The Labute approximate surface area is 69.9 Å². The maximum absolute atomic E-state index is 8.60. The first-order valence-corrected chi connectivity index (χ1v) is 3.59. The van der Waals surface area contributed by atoms with Gasteiger partial charge in [-0.15, -0.1) is 0 Å². The van der Waals surface area contributed by atoms with Gasteiger partial charge in [-0.2, -0.15) is 5.26 Å². The number of aliphatic imine (C=N–C) groups is 1. The van der Waals surface area contributed by atoms with Crippen LogP contribution in [0.25, 0.3) is 0 Å². The van der Waals surface area contributed by atoms with E-state index in [9.17, 15) is 0 Å². The summed E-state index contributed by atoms with van der Waals surface area (Å²) in [5, 5.41) is 8.60. The molecule has 0 saturated heterocycles. The molecule has 2 rings (SSSR count). The second kappa shape index (κ2) is 2.67. The largest absolute Gasteiger partial charge is 0.486 e. The molecule has 0 aliphatic carbocycles. The van der Waals surface area contributed by atoms with Crippen molar-refractivity contribution in [3.63, 3.8) is 0 Å². The molecule has 1 aliphatic heterocycles. The van der Waals surface area contributed by atoms with Crippen molar-refractivity contribution in [2.24, 2.45) is 4.99 Å². The molecule has 0 N–H and O–H groups in total. The summed E-state index contributed by atoms with van der Waals surface area (Å²) in [6.45, 7) is 0.488. The van der Waals surface area contributed by atoms with E-state index in [0.29, 0.717) is 17.9 Å². The summed E-state index contributed by atoms with van der Waals surface area (Å²) in [5.74, 6) is 0.691. The zero-order chi connectivity index (χ0) is 8.39. The minimum Gasteiger partial charge on any atom is -0.486 e. The molecule has 0 fully saturated rings. The van der Waals surface area contributed by atoms with Crippen LogP contribution in [-0.4, -0.2) is 12.8 Å². The molecule has 0 radical (unpaired) electrons. The van der Waals surface area contributed by atoms with Gasteiger partial charge in [-0.1, -0.05) is 0 Å². The molecule has 0 bridgehead atoms. The maximum Gasteiger partial charge on any atom is 0.146 e. The van der Waals surface area contributed by atoms with Crippen molar-refractivity contribution < 1.29 is 4.74 Å². The third kappa shape index (κ3) is 1.04. The molecule has 0 aromatic heterocycles. The molecule has 12 heavy (non-hydrogen) atoms. The zero-order valence-corrected chi connectivity index (χ0v) is 6.32. The Morgan fingerprint density at radius 3 is 3.25 bits per heavy atom. The van der Waals surface area contributed by atoms with Crippen LogP contribution in [0.15, 0.2) is 23.2 Å². The lowest BCUT2D eigenvalue weighted by Gasteiger charge is -2.10. The Morgan fingerprint density at radius 2 is 2.42 bits per heavy atom. The van der Waals surface area contributed by atoms with Crippen molar-refractivity contribution in [3.05, 3.63) is 23.8 Å². The van der Waals surface area contributed by atoms with Gasteiger partial charge in [0.05, 0.1) is 11.6 Å². The van der Waals surface area contributed by atoms with E-state index in [-0.39, 0.29) is 0 Å². The summed E-state index contributed by atoms with van der Waals surface area (Å²) in [6, 6.07) is 7.25. The summed E-state index contributed by atoms with van der Waals surface area (Å²) in [7, 11) is 0. The molecule has 1 heterocycles. The molecule has 0 atom stereocenters. The van der Waals surface area contributed by atoms with E-state index in [0.717, 1.165) is 5.69 Å². The van der Waals surface area contributed by atoms with E-state index in [4.69, 9.17) is 10.00 Å². The first kappa shape index (κ1) is 6.86. The van der Waals surface area contributed by atoms with Crippen molar-refractivity contribution in [1.82, 2.24) is 0 Å². The van der Waals surface area contributed by atoms with Gasteiger partial charge in [-0.25, -0.2) is 0 Å². The Hall–Kier alpha value is -1.82. The standard InChI is InChI=1S/C9H6N2O/c10-6-7-1-2-8-9(5-7)12-4-3-11-8/h1-3,5H,4H2. The van der Waals surface area contributed by atoms with E-state index in [1.165, 1.54) is 0 Å². The van der Waals surface area contributed by atoms with E-state index in [1.807, 2.05) is 6.07 Å². The number of fused-ring (bicyclic) bond motifs is 1. The third-order valence-electron chi connectivity index (χ3n) is 1.63. The van der Waals surface area contributed by atoms with Crippen LogP contribution in [0.5, 0.6) is 5.75 Å². The quantitative estimate of drug-likeness (QED) is 0.576. The number of nitriles is 1. The minimum atomic E-state index is 0.488. The van der Waals surface area contributed by atoms with Gasteiger partial charge in [-0.3, -0.25) is 4.99 Å². The highest BCUT2D eigenvalue weighted by molar-refractivity contribution is 5.71. The number of hydrogen-bond acceptors (Lipinski definition) is 3. The Morgan fingerprint density at radius 1 is 1.50 bits per heavy atom. The first-order valence-electron chi connectivity index (χ1n) is 3.59. The molecule has 1 aromatic rings. The van der Waals surface area contributed by atoms with E-state index < -0.39 is 0 Å². The highest BCUT2D eigenvalue weighted by Gasteiger charge is 2.06. The maximum atomic E-state index is 8.60. The lowest BCUT2D eigenvalue weighted by molar-refractivity contribution is 0.377. The molecular weight excluding hydrogens is 152 g/mol. The molecular formula is C9H6N2O. The van der Waals surface area contributed by atoms with Crippen molar-refractivity contribution in [2.45, 2.75) is 0 Å². The van der Waals surface area contributed by atoms with Crippen LogP contribution in [0.3, 0.4) is 0 Å². The van der Waals surface area contributed by atoms with Crippen LogP contribution in [-0.2, 0) is 0 Å². The predicted molar refractivity (Wildman–Crippen MR) is 44.8 cm³/mol. The fourth-order valence-electron chi connectivity index (χ4n) is 1.07. The number of rotatable bonds is 0. The van der Waals surface area contributed by atoms with Crippen molar-refractivity contribution in [1.29, 1.82) is 5.26 Å². The summed E-state index contributed by atoms with van der Waals surface area (Å²) in [5.41, 5.74) is 1.39. The van der Waals surface area contributed by atoms with E-state index in [2.05, 4.69) is 4.99 Å². The molecule has 0 amide bonds. The highest BCUT2D eigenvalue weighted by Crippen LogP contribution is 2.29. The zero-order valence-electron chi connectivity index (χ0n) is 6.32. The molecule has 1 aliphatic rings. The van der Waals surface area contributed by atoms with Gasteiger partial charge in [0, 0.05) is 12.3 Å². The normalized spacial score (nSPS) is 12.9. The fraction of sp³-hybridized carbons (Fsp3) is 0.111. The summed E-state index contributed by atoms with van der Waals surface area (Å²) in [6.07, 6.45) is 1.70. The summed E-state index contributed by atoms with van der Waals surface area (Å²) >= 11 is 0. The SMILES string of the molecule is N#Cc1ccc2c(c1)OCC=N2. The van der Waals surface area contributed by atoms with E-state index in [1.54, 1.807) is 24.4 Å². The Kier molecular flexibility index (Phi) is 1.52. The molecule has 0 unspecified atom stereocenters. The molecule has 1 aromatic carbocycles. The van der Waals surface area contributed by atoms with Gasteiger partial charge in [0.1, 0.15) is 18.0 Å². The second-order valence-corrected chi connectivity index (χ2v) is 2.42. The van der Waals surface area contributed by atoms with Crippen LogP contribution < -0.4 is 4.74 Å². The Balaban J connectivity index is 2.53. The smallest absolute Gasteiger partial charge is 0.146 e. The van der Waals surface area contributed by atoms with Crippen LogP contribution in [0.4, 0.5) is 5.69 Å². The van der Waals surface area contributed by atoms with E-state index >= 15 is 0 Å². The molecule has 58 valence electrons. The monoisotopic (exact) mass is 158 g/mol. The first-order chi connectivity index (χ1) is 5.90. The number of hydrogen-bond donors (Lipinski definition) is 0. The van der Waals surface area contributed by atoms with Crippen LogP contribution >= 0.6 is 0 Å².